The molecule has 7 heteroatoms. The Balaban J connectivity index is 1.76. The lowest BCUT2D eigenvalue weighted by Gasteiger charge is -2.16. The van der Waals surface area contributed by atoms with Crippen LogP contribution in [0, 0.1) is 5.92 Å². The standard InChI is InChI=1S/C14H22N4O2S/c15-14(20)18-11(12-2-1-7-21-12)8-13(19)17-6-4-10-3-5-16-9-10/h1-2,7,10-11,16H,3-6,8-9H2,(H,17,19)(H3,15,18,20). The smallest absolute Gasteiger partial charge is 0.312 e. The highest BCUT2D eigenvalue weighted by molar-refractivity contribution is 7.10. The molecule has 2 unspecified atom stereocenters. The monoisotopic (exact) mass is 310 g/mol. The van der Waals surface area contributed by atoms with E-state index in [1.54, 1.807) is 0 Å². The van der Waals surface area contributed by atoms with Crippen LogP contribution in [0.4, 0.5) is 4.79 Å². The first kappa shape index (κ1) is 15.8. The number of primary amides is 1. The van der Waals surface area contributed by atoms with Gasteiger partial charge in [0.1, 0.15) is 0 Å². The highest BCUT2D eigenvalue weighted by Crippen LogP contribution is 2.21. The van der Waals surface area contributed by atoms with Crippen LogP contribution in [-0.2, 0) is 4.79 Å². The van der Waals surface area contributed by atoms with Crippen LogP contribution in [0.5, 0.6) is 0 Å². The Hall–Kier alpha value is -1.60. The predicted molar refractivity (Wildman–Crippen MR) is 83.0 cm³/mol. The molecule has 1 fully saturated rings. The van der Waals surface area contributed by atoms with E-state index in [-0.39, 0.29) is 18.4 Å². The summed E-state index contributed by atoms with van der Waals surface area (Å²) in [6.07, 6.45) is 2.38. The number of nitrogens with two attached hydrogens (primary N) is 1. The molecule has 116 valence electrons. The highest BCUT2D eigenvalue weighted by atomic mass is 32.1. The molecule has 3 amide bonds. The average Bonchev–Trinajstić information content (AvgIpc) is 3.10. The van der Waals surface area contributed by atoms with Gasteiger partial charge in [0.2, 0.25) is 5.91 Å². The van der Waals surface area contributed by atoms with E-state index < -0.39 is 6.03 Å². The molecule has 1 saturated heterocycles. The number of carbonyl (C=O) groups excluding carboxylic acids is 2. The molecule has 1 aromatic rings. The summed E-state index contributed by atoms with van der Waals surface area (Å²) in [6.45, 7) is 2.79. The molecule has 1 aromatic heterocycles. The van der Waals surface area contributed by atoms with Crippen LogP contribution in [0.15, 0.2) is 17.5 Å². The molecule has 0 radical (unpaired) electrons. The minimum absolute atomic E-state index is 0.0619. The molecule has 1 aliphatic rings. The summed E-state index contributed by atoms with van der Waals surface area (Å²) >= 11 is 1.50. The van der Waals surface area contributed by atoms with Crippen molar-refractivity contribution in [2.24, 2.45) is 11.7 Å². The average molecular weight is 310 g/mol. The van der Waals surface area contributed by atoms with Crippen LogP contribution in [0.2, 0.25) is 0 Å². The molecule has 0 spiro atoms. The zero-order valence-corrected chi connectivity index (χ0v) is 12.7. The lowest BCUT2D eigenvalue weighted by molar-refractivity contribution is -0.121. The van der Waals surface area contributed by atoms with E-state index in [4.69, 9.17) is 5.73 Å². The maximum atomic E-state index is 12.0. The number of nitrogens with one attached hydrogen (secondary N) is 3. The van der Waals surface area contributed by atoms with Gasteiger partial charge < -0.3 is 21.7 Å². The van der Waals surface area contributed by atoms with E-state index in [1.807, 2.05) is 17.5 Å². The van der Waals surface area contributed by atoms with Crippen molar-refractivity contribution >= 4 is 23.3 Å². The number of carbonyl (C=O) groups is 2. The number of hydrogen-bond acceptors (Lipinski definition) is 4. The molecule has 6 nitrogen and oxygen atoms in total. The number of thiophene rings is 1. The van der Waals surface area contributed by atoms with E-state index >= 15 is 0 Å². The Kier molecular flexibility index (Phi) is 6.01. The highest BCUT2D eigenvalue weighted by Gasteiger charge is 2.19. The van der Waals surface area contributed by atoms with E-state index in [9.17, 15) is 9.59 Å². The van der Waals surface area contributed by atoms with Gasteiger partial charge in [-0.05, 0) is 43.3 Å². The minimum atomic E-state index is -0.613. The second-order valence-corrected chi connectivity index (χ2v) is 6.26. The second kappa shape index (κ2) is 7.99. The largest absolute Gasteiger partial charge is 0.356 e. The van der Waals surface area contributed by atoms with Gasteiger partial charge >= 0.3 is 6.03 Å². The molecule has 2 atom stereocenters. The van der Waals surface area contributed by atoms with Crippen LogP contribution < -0.4 is 21.7 Å². The van der Waals surface area contributed by atoms with Crippen LogP contribution >= 0.6 is 11.3 Å². The van der Waals surface area contributed by atoms with Gasteiger partial charge in [-0.25, -0.2) is 4.79 Å². The summed E-state index contributed by atoms with van der Waals surface area (Å²) in [6, 6.07) is 2.82. The number of hydrogen-bond donors (Lipinski definition) is 4. The Morgan fingerprint density at radius 1 is 1.52 bits per heavy atom. The van der Waals surface area contributed by atoms with Crippen LogP contribution in [0.1, 0.15) is 30.2 Å². The van der Waals surface area contributed by atoms with Gasteiger partial charge in [0.05, 0.1) is 12.5 Å². The summed E-state index contributed by atoms with van der Waals surface area (Å²) in [5.74, 6) is 0.593. The SMILES string of the molecule is NC(=O)NC(CC(=O)NCCC1CCNC1)c1cccs1. The van der Waals surface area contributed by atoms with Crippen molar-refractivity contribution < 1.29 is 9.59 Å². The maximum Gasteiger partial charge on any atom is 0.312 e. The van der Waals surface area contributed by atoms with Crippen LogP contribution in [0.25, 0.3) is 0 Å². The third kappa shape index (κ3) is 5.35. The fraction of sp³-hybridized carbons (Fsp3) is 0.571. The summed E-state index contributed by atoms with van der Waals surface area (Å²) in [5, 5.41) is 10.8. The summed E-state index contributed by atoms with van der Waals surface area (Å²) in [4.78, 5) is 24.0. The van der Waals surface area contributed by atoms with E-state index in [2.05, 4.69) is 16.0 Å². The van der Waals surface area contributed by atoms with E-state index in [1.165, 1.54) is 17.8 Å². The topological polar surface area (TPSA) is 96.2 Å². The first-order valence-corrected chi connectivity index (χ1v) is 8.10. The number of urea groups is 1. The van der Waals surface area contributed by atoms with Gasteiger partial charge in [0, 0.05) is 11.4 Å². The zero-order valence-electron chi connectivity index (χ0n) is 11.9. The van der Waals surface area contributed by atoms with Gasteiger partial charge in [-0.2, -0.15) is 0 Å². The summed E-state index contributed by atoms with van der Waals surface area (Å²) < 4.78 is 0. The fourth-order valence-electron chi connectivity index (χ4n) is 2.52. The van der Waals surface area contributed by atoms with Crippen LogP contribution in [-0.4, -0.2) is 31.6 Å². The molecular formula is C14H22N4O2S. The van der Waals surface area contributed by atoms with Crippen molar-refractivity contribution in [3.8, 4) is 0 Å². The molecular weight excluding hydrogens is 288 g/mol. The second-order valence-electron chi connectivity index (χ2n) is 5.28. The first-order valence-electron chi connectivity index (χ1n) is 7.22. The van der Waals surface area contributed by atoms with Gasteiger partial charge in [-0.15, -0.1) is 11.3 Å². The van der Waals surface area contributed by atoms with Crippen molar-refractivity contribution in [1.29, 1.82) is 0 Å². The van der Waals surface area contributed by atoms with Crippen molar-refractivity contribution in [2.75, 3.05) is 19.6 Å². The molecule has 5 N–H and O–H groups in total. The van der Waals surface area contributed by atoms with Crippen molar-refractivity contribution in [3.63, 3.8) is 0 Å². The van der Waals surface area contributed by atoms with Crippen molar-refractivity contribution in [2.45, 2.75) is 25.3 Å². The molecule has 0 aliphatic carbocycles. The van der Waals surface area contributed by atoms with Crippen LogP contribution in [0.3, 0.4) is 0 Å². The quantitative estimate of drug-likeness (QED) is 0.604. The normalized spacial score (nSPS) is 19.1. The lowest BCUT2D eigenvalue weighted by atomic mass is 10.1. The Labute approximate surface area is 128 Å². The molecule has 1 aliphatic heterocycles. The Morgan fingerprint density at radius 2 is 2.38 bits per heavy atom. The number of rotatable bonds is 7. The molecule has 2 heterocycles. The van der Waals surface area contributed by atoms with E-state index in [0.717, 1.165) is 24.4 Å². The third-order valence-electron chi connectivity index (χ3n) is 3.63. The fourth-order valence-corrected chi connectivity index (χ4v) is 3.30. The molecule has 21 heavy (non-hydrogen) atoms. The summed E-state index contributed by atoms with van der Waals surface area (Å²) in [5.41, 5.74) is 5.17. The van der Waals surface area contributed by atoms with Crippen molar-refractivity contribution in [1.82, 2.24) is 16.0 Å². The zero-order chi connectivity index (χ0) is 15.1. The molecule has 2 rings (SSSR count). The van der Waals surface area contributed by atoms with Gasteiger partial charge in [0.15, 0.2) is 0 Å². The van der Waals surface area contributed by atoms with Gasteiger partial charge in [-0.1, -0.05) is 6.07 Å². The van der Waals surface area contributed by atoms with Gasteiger partial charge in [-0.3, -0.25) is 4.79 Å². The lowest BCUT2D eigenvalue weighted by Crippen LogP contribution is -2.36. The maximum absolute atomic E-state index is 12.0. The minimum Gasteiger partial charge on any atom is -0.356 e. The molecule has 0 saturated carbocycles. The third-order valence-corrected chi connectivity index (χ3v) is 4.62. The van der Waals surface area contributed by atoms with Gasteiger partial charge in [0.25, 0.3) is 0 Å². The number of amides is 3. The Bertz CT molecular complexity index is 458. The van der Waals surface area contributed by atoms with Crippen molar-refractivity contribution in [3.05, 3.63) is 22.4 Å². The van der Waals surface area contributed by atoms with E-state index in [0.29, 0.717) is 12.5 Å². The molecule has 0 bridgehead atoms. The predicted octanol–water partition coefficient (Wildman–Crippen LogP) is 0.963. The summed E-state index contributed by atoms with van der Waals surface area (Å²) in [7, 11) is 0. The Morgan fingerprint density at radius 3 is 3.00 bits per heavy atom. The first-order chi connectivity index (χ1) is 10.1. The molecule has 0 aromatic carbocycles.